The molecule has 3 unspecified atom stereocenters. The second kappa shape index (κ2) is 70.0. The fourth-order valence-electron chi connectivity index (χ4n) is 11.5. The first kappa shape index (κ1) is 86.7. The van der Waals surface area contributed by atoms with Crippen molar-refractivity contribution in [3.63, 3.8) is 0 Å². The van der Waals surface area contributed by atoms with Crippen molar-refractivity contribution in [2.24, 2.45) is 0 Å². The Balaban J connectivity index is 3.96. The summed E-state index contributed by atoms with van der Waals surface area (Å²) in [6, 6.07) is -0.849. The molecule has 3 N–H and O–H groups in total. The van der Waals surface area contributed by atoms with Crippen molar-refractivity contribution in [2.75, 3.05) is 40.9 Å². The number of carbonyl (C=O) groups excluding carboxylic acids is 1. The van der Waals surface area contributed by atoms with Crippen molar-refractivity contribution >= 4 is 13.7 Å². The van der Waals surface area contributed by atoms with Crippen molar-refractivity contribution < 1.29 is 32.9 Å². The minimum Gasteiger partial charge on any atom is -0.387 e. The number of carbonyl (C=O) groups is 1. The van der Waals surface area contributed by atoms with Crippen LogP contribution in [0.1, 0.15) is 367 Å². The molecule has 3 atom stereocenters. The SMILES string of the molecule is CC/C=C\C/C=C\C/C=C\C/C=C\C/C=C\C/C=C\CCCCCCCCCCCCCCCCCCCCCCCCC(=O)NC(COP(=O)(O)OCC[N+](C)(C)C)C(O)/C=C/CCCCCCCCCCCCCCCCCCCCCCCCCC. The third-order valence-electron chi connectivity index (χ3n) is 17.4. The molecular formula is C80H150N2O6P+. The van der Waals surface area contributed by atoms with E-state index in [-0.39, 0.29) is 19.1 Å². The molecule has 0 fully saturated rings. The number of nitrogens with zero attached hydrogens (tertiary/aromatic N) is 1. The van der Waals surface area contributed by atoms with Crippen LogP contribution < -0.4 is 5.32 Å². The summed E-state index contributed by atoms with van der Waals surface area (Å²) in [7, 11) is 1.59. The summed E-state index contributed by atoms with van der Waals surface area (Å²) >= 11 is 0. The van der Waals surface area contributed by atoms with Crippen molar-refractivity contribution in [1.29, 1.82) is 0 Å². The van der Waals surface area contributed by atoms with Gasteiger partial charge in [0.05, 0.1) is 39.9 Å². The molecule has 0 aromatic heterocycles. The van der Waals surface area contributed by atoms with Gasteiger partial charge in [-0.15, -0.1) is 0 Å². The summed E-state index contributed by atoms with van der Waals surface area (Å²) < 4.78 is 23.9. The Labute approximate surface area is 554 Å². The molecule has 0 rings (SSSR count). The van der Waals surface area contributed by atoms with Gasteiger partial charge in [0, 0.05) is 6.42 Å². The highest BCUT2D eigenvalue weighted by Crippen LogP contribution is 2.43. The number of hydrogen-bond donors (Lipinski definition) is 3. The Kier molecular flexibility index (Phi) is 68.2. The minimum atomic E-state index is -4.36. The van der Waals surface area contributed by atoms with Crippen molar-refractivity contribution in [3.8, 4) is 0 Å². The molecule has 8 nitrogen and oxygen atoms in total. The zero-order chi connectivity index (χ0) is 64.8. The van der Waals surface area contributed by atoms with Crippen LogP contribution in [0, 0.1) is 0 Å². The van der Waals surface area contributed by atoms with Crippen LogP contribution in [0.15, 0.2) is 85.1 Å². The van der Waals surface area contributed by atoms with E-state index in [1.54, 1.807) is 6.08 Å². The first-order valence-electron chi connectivity index (χ1n) is 38.5. The molecule has 0 spiro atoms. The molecule has 1 amide bonds. The summed E-state index contributed by atoms with van der Waals surface area (Å²) in [5, 5.41) is 14.0. The first-order chi connectivity index (χ1) is 43.5. The fourth-order valence-corrected chi connectivity index (χ4v) is 12.2. The van der Waals surface area contributed by atoms with E-state index < -0.39 is 20.0 Å². The summed E-state index contributed by atoms with van der Waals surface area (Å²) in [6.45, 7) is 4.75. The Morgan fingerprint density at radius 2 is 0.674 bits per heavy atom. The van der Waals surface area contributed by atoms with E-state index in [0.29, 0.717) is 17.4 Å². The summed E-state index contributed by atoms with van der Waals surface area (Å²) in [5.41, 5.74) is 0. The molecule has 0 saturated heterocycles. The number of rotatable bonds is 71. The smallest absolute Gasteiger partial charge is 0.387 e. The Hall–Kier alpha value is -2.32. The van der Waals surface area contributed by atoms with Gasteiger partial charge in [-0.3, -0.25) is 13.8 Å². The lowest BCUT2D eigenvalue weighted by atomic mass is 10.0. The molecule has 0 bridgehead atoms. The van der Waals surface area contributed by atoms with E-state index in [1.807, 2.05) is 27.2 Å². The Bertz CT molecular complexity index is 1730. The number of aliphatic hydroxyl groups excluding tert-OH is 1. The van der Waals surface area contributed by atoms with Crippen LogP contribution in [0.25, 0.3) is 0 Å². The van der Waals surface area contributed by atoms with Crippen LogP contribution in [-0.4, -0.2) is 73.4 Å². The maximum atomic E-state index is 13.1. The molecule has 89 heavy (non-hydrogen) atoms. The van der Waals surface area contributed by atoms with Gasteiger partial charge in [0.25, 0.3) is 0 Å². The first-order valence-corrected chi connectivity index (χ1v) is 40.0. The van der Waals surface area contributed by atoms with Crippen molar-refractivity contribution in [1.82, 2.24) is 5.32 Å². The largest absolute Gasteiger partial charge is 0.472 e. The van der Waals surface area contributed by atoms with Crippen LogP contribution >= 0.6 is 7.82 Å². The molecule has 0 aromatic rings. The molecular weight excluding hydrogens is 1120 g/mol. The molecule has 0 heterocycles. The molecule has 0 saturated carbocycles. The Morgan fingerprint density at radius 1 is 0.393 bits per heavy atom. The molecule has 0 aromatic carbocycles. The van der Waals surface area contributed by atoms with Gasteiger partial charge in [0.1, 0.15) is 13.2 Å². The molecule has 9 heteroatoms. The maximum absolute atomic E-state index is 13.1. The molecule has 520 valence electrons. The number of nitrogens with one attached hydrogen (secondary N) is 1. The Morgan fingerprint density at radius 3 is 0.989 bits per heavy atom. The number of likely N-dealkylation sites (N-methyl/N-ethyl adjacent to an activating group) is 1. The fraction of sp³-hybridized carbons (Fsp3) is 0.812. The second-order valence-corrected chi connectivity index (χ2v) is 28.8. The standard InChI is InChI=1S/C80H149N2O6P/c1-6-8-10-12-14-16-18-20-22-24-26-28-30-32-34-35-36-37-38-39-40-41-42-43-44-45-46-47-48-50-52-54-56-58-60-62-64-66-68-70-72-74-80(84)81-78(77-88-89(85,86)87-76-75-82(3,4)5)79(83)73-71-69-67-65-63-61-59-57-55-53-51-49-33-31-29-27-25-23-21-19-17-15-13-11-9-7-2/h8,10,14,16,20,22,26,28,32,34,36-37,71,73,78-79,83H,6-7,9,11-13,15,17-19,21,23-25,27,29-31,33,35,38-70,72,74-77H2,1-5H3,(H-,81,84,85,86)/p+1/b10-8-,16-14-,22-20-,28-26-,34-32-,37-36-,73-71+. The number of unbranched alkanes of at least 4 members (excludes halogenated alkanes) is 46. The van der Waals surface area contributed by atoms with E-state index in [0.717, 1.165) is 77.0 Å². The van der Waals surface area contributed by atoms with E-state index in [1.165, 1.54) is 270 Å². The average molecular weight is 1270 g/mol. The lowest BCUT2D eigenvalue weighted by Crippen LogP contribution is -2.45. The van der Waals surface area contributed by atoms with Gasteiger partial charge in [-0.25, -0.2) is 4.57 Å². The highest BCUT2D eigenvalue weighted by Gasteiger charge is 2.28. The maximum Gasteiger partial charge on any atom is 0.472 e. The predicted molar refractivity (Wildman–Crippen MR) is 392 cm³/mol. The van der Waals surface area contributed by atoms with Gasteiger partial charge in [0.2, 0.25) is 5.91 Å². The summed E-state index contributed by atoms with van der Waals surface area (Å²) in [4.78, 5) is 23.5. The van der Waals surface area contributed by atoms with Gasteiger partial charge >= 0.3 is 7.82 Å². The third kappa shape index (κ3) is 73.0. The summed E-state index contributed by atoms with van der Waals surface area (Å²) in [6.07, 6.45) is 100. The van der Waals surface area contributed by atoms with Crippen molar-refractivity contribution in [3.05, 3.63) is 85.1 Å². The van der Waals surface area contributed by atoms with Gasteiger partial charge < -0.3 is 19.8 Å². The van der Waals surface area contributed by atoms with E-state index in [9.17, 15) is 19.4 Å². The van der Waals surface area contributed by atoms with E-state index in [2.05, 4.69) is 92.1 Å². The number of hydrogen-bond acceptors (Lipinski definition) is 5. The molecule has 0 aliphatic rings. The highest BCUT2D eigenvalue weighted by molar-refractivity contribution is 7.47. The number of amides is 1. The second-order valence-electron chi connectivity index (χ2n) is 27.4. The minimum absolute atomic E-state index is 0.0619. The van der Waals surface area contributed by atoms with Crippen molar-refractivity contribution in [2.45, 2.75) is 379 Å². The lowest BCUT2D eigenvalue weighted by Gasteiger charge is -2.25. The number of phosphoric ester groups is 1. The molecule has 0 aliphatic heterocycles. The average Bonchev–Trinajstić information content (AvgIpc) is 3.61. The monoisotopic (exact) mass is 1270 g/mol. The number of quaternary nitrogens is 1. The van der Waals surface area contributed by atoms with Gasteiger partial charge in [-0.05, 0) is 70.6 Å². The highest BCUT2D eigenvalue weighted by atomic mass is 31.2. The lowest BCUT2D eigenvalue weighted by molar-refractivity contribution is -0.870. The van der Waals surface area contributed by atoms with Gasteiger partial charge in [0.15, 0.2) is 0 Å². The third-order valence-corrected chi connectivity index (χ3v) is 18.4. The number of allylic oxidation sites excluding steroid dienone is 13. The van der Waals surface area contributed by atoms with Gasteiger partial charge in [-0.2, -0.15) is 0 Å². The predicted octanol–water partition coefficient (Wildman–Crippen LogP) is 25.1. The van der Waals surface area contributed by atoms with Crippen LogP contribution in [0.2, 0.25) is 0 Å². The number of aliphatic hydroxyl groups is 1. The number of phosphoric acid groups is 1. The molecule has 0 radical (unpaired) electrons. The van der Waals surface area contributed by atoms with E-state index >= 15 is 0 Å². The van der Waals surface area contributed by atoms with Gasteiger partial charge in [-0.1, -0.05) is 375 Å². The quantitative estimate of drug-likeness (QED) is 0.0243. The normalized spacial score (nSPS) is 14.0. The van der Waals surface area contributed by atoms with Crippen LogP contribution in [0.4, 0.5) is 0 Å². The topological polar surface area (TPSA) is 105 Å². The van der Waals surface area contributed by atoms with Crippen LogP contribution in [0.5, 0.6) is 0 Å². The summed E-state index contributed by atoms with van der Waals surface area (Å²) in [5.74, 6) is -0.171. The zero-order valence-corrected chi connectivity index (χ0v) is 60.6. The van der Waals surface area contributed by atoms with Crippen LogP contribution in [0.3, 0.4) is 0 Å². The molecule has 0 aliphatic carbocycles. The zero-order valence-electron chi connectivity index (χ0n) is 59.7. The van der Waals surface area contributed by atoms with E-state index in [4.69, 9.17) is 9.05 Å². The van der Waals surface area contributed by atoms with Crippen LogP contribution in [-0.2, 0) is 18.4 Å².